The first-order chi connectivity index (χ1) is 14.8. The lowest BCUT2D eigenvalue weighted by Gasteiger charge is -2.22. The first-order valence-electron chi connectivity index (χ1n) is 9.82. The first-order valence-corrected chi connectivity index (χ1v) is 11.6. The summed E-state index contributed by atoms with van der Waals surface area (Å²) in [6.45, 7) is 3.46. The molecule has 2 aromatic heterocycles. The fourth-order valence-electron chi connectivity index (χ4n) is 3.04. The normalized spacial score (nSPS) is 12.6. The molecule has 1 aromatic carbocycles. The summed E-state index contributed by atoms with van der Waals surface area (Å²) in [6, 6.07) is 13.7. The molecule has 0 saturated heterocycles. The van der Waals surface area contributed by atoms with Crippen molar-refractivity contribution in [3.8, 4) is 0 Å². The van der Waals surface area contributed by atoms with Crippen LogP contribution in [0.4, 0.5) is 0 Å². The van der Waals surface area contributed by atoms with Gasteiger partial charge < -0.3 is 9.73 Å². The van der Waals surface area contributed by atoms with E-state index >= 15 is 0 Å². The molecule has 3 aromatic rings. The van der Waals surface area contributed by atoms with Crippen molar-refractivity contribution in [3.63, 3.8) is 0 Å². The molecule has 0 aliphatic heterocycles. The van der Waals surface area contributed by atoms with E-state index in [1.807, 2.05) is 31.2 Å². The van der Waals surface area contributed by atoms with Gasteiger partial charge in [0.05, 0.1) is 25.4 Å². The molecule has 3 rings (SSSR count). The van der Waals surface area contributed by atoms with Gasteiger partial charge in [-0.15, -0.1) is 0 Å². The van der Waals surface area contributed by atoms with Gasteiger partial charge in [0.15, 0.2) is 0 Å². The van der Waals surface area contributed by atoms with E-state index in [2.05, 4.69) is 17.2 Å². The van der Waals surface area contributed by atoms with E-state index in [0.717, 1.165) is 16.3 Å². The number of rotatable bonds is 9. The number of benzene rings is 1. The van der Waals surface area contributed by atoms with Gasteiger partial charge in [0.2, 0.25) is 15.9 Å². The third-order valence-electron chi connectivity index (χ3n) is 4.84. The maximum absolute atomic E-state index is 13.2. The third kappa shape index (κ3) is 5.94. The van der Waals surface area contributed by atoms with Gasteiger partial charge >= 0.3 is 0 Å². The number of hydrogen-bond donors (Lipinski definition) is 1. The van der Waals surface area contributed by atoms with Crippen LogP contribution in [0, 0.1) is 0 Å². The van der Waals surface area contributed by atoms with Crippen molar-refractivity contribution in [1.29, 1.82) is 0 Å². The Morgan fingerprint density at radius 3 is 2.52 bits per heavy atom. The first kappa shape index (κ1) is 23.0. The molecule has 2 heterocycles. The molecule has 164 valence electrons. The van der Waals surface area contributed by atoms with E-state index < -0.39 is 15.9 Å². The van der Waals surface area contributed by atoms with E-state index in [1.165, 1.54) is 30.2 Å². The molecule has 9 heteroatoms. The summed E-state index contributed by atoms with van der Waals surface area (Å²) in [5, 5.41) is 3.04. The van der Waals surface area contributed by atoms with E-state index in [1.54, 1.807) is 12.1 Å². The fraction of sp³-hybridized carbons (Fsp3) is 0.273. The minimum absolute atomic E-state index is 0.0561. The Bertz CT molecular complexity index is 1100. The van der Waals surface area contributed by atoms with Crippen molar-refractivity contribution in [2.45, 2.75) is 37.8 Å². The molecule has 0 saturated carbocycles. The lowest BCUT2D eigenvalue weighted by molar-refractivity contribution is -0.122. The number of pyridine rings is 1. The molecule has 0 aliphatic carbocycles. The third-order valence-corrected chi connectivity index (χ3v) is 6.83. The van der Waals surface area contributed by atoms with E-state index in [4.69, 9.17) is 16.0 Å². The van der Waals surface area contributed by atoms with Crippen molar-refractivity contribution in [3.05, 3.63) is 83.0 Å². The molecular weight excluding hydrogens is 438 g/mol. The number of amides is 1. The van der Waals surface area contributed by atoms with Crippen LogP contribution in [0.5, 0.6) is 0 Å². The highest BCUT2D eigenvalue weighted by molar-refractivity contribution is 7.89. The van der Waals surface area contributed by atoms with E-state index in [0.29, 0.717) is 5.76 Å². The second-order valence-corrected chi connectivity index (χ2v) is 9.38. The average molecular weight is 462 g/mol. The molecule has 1 amide bonds. The van der Waals surface area contributed by atoms with Gasteiger partial charge in [-0.3, -0.25) is 4.79 Å². The number of nitrogens with zero attached hydrogens (tertiary/aromatic N) is 2. The van der Waals surface area contributed by atoms with Crippen molar-refractivity contribution >= 4 is 27.5 Å². The molecule has 7 nitrogen and oxygen atoms in total. The number of halogens is 1. The maximum atomic E-state index is 13.2. The standard InChI is InChI=1S/C22H24ClN3O4S/c1-3-17-6-8-18(9-7-17)16(2)25-22(27)15-26(14-19-5-4-12-30-19)31(28,29)20-10-11-21(23)24-13-20/h4-13,16H,3,14-15H2,1-2H3,(H,25,27). The Kier molecular flexibility index (Phi) is 7.48. The second-order valence-electron chi connectivity index (χ2n) is 7.05. The molecular formula is C22H24ClN3O4S. The van der Waals surface area contributed by atoms with Crippen molar-refractivity contribution < 1.29 is 17.6 Å². The predicted molar refractivity (Wildman–Crippen MR) is 118 cm³/mol. The average Bonchev–Trinajstić information content (AvgIpc) is 3.27. The Labute approximate surface area is 187 Å². The van der Waals surface area contributed by atoms with Gasteiger partial charge in [0.1, 0.15) is 15.8 Å². The number of hydrogen-bond acceptors (Lipinski definition) is 5. The molecule has 0 radical (unpaired) electrons. The lowest BCUT2D eigenvalue weighted by Crippen LogP contribution is -2.41. The molecule has 0 fully saturated rings. The molecule has 1 atom stereocenters. The summed E-state index contributed by atoms with van der Waals surface area (Å²) >= 11 is 5.78. The lowest BCUT2D eigenvalue weighted by atomic mass is 10.1. The summed E-state index contributed by atoms with van der Waals surface area (Å²) in [4.78, 5) is 16.5. The van der Waals surface area contributed by atoms with Crippen molar-refractivity contribution in [1.82, 2.24) is 14.6 Å². The van der Waals surface area contributed by atoms with Gasteiger partial charge in [-0.05, 0) is 48.7 Å². The fourth-order valence-corrected chi connectivity index (χ4v) is 4.46. The van der Waals surface area contributed by atoms with Crippen LogP contribution in [0.25, 0.3) is 0 Å². The molecule has 0 aliphatic rings. The molecule has 31 heavy (non-hydrogen) atoms. The highest BCUT2D eigenvalue weighted by Gasteiger charge is 2.28. The minimum Gasteiger partial charge on any atom is -0.468 e. The monoisotopic (exact) mass is 461 g/mol. The second kappa shape index (κ2) is 10.1. The topological polar surface area (TPSA) is 92.5 Å². The number of aryl methyl sites for hydroxylation is 1. The summed E-state index contributed by atoms with van der Waals surface area (Å²) in [7, 11) is -4.01. The zero-order valence-electron chi connectivity index (χ0n) is 17.3. The number of furan rings is 1. The number of sulfonamides is 1. The van der Waals surface area contributed by atoms with Gasteiger partial charge in [-0.25, -0.2) is 13.4 Å². The van der Waals surface area contributed by atoms with Gasteiger partial charge in [0.25, 0.3) is 0 Å². The largest absolute Gasteiger partial charge is 0.468 e. The van der Waals surface area contributed by atoms with Crippen LogP contribution in [0.2, 0.25) is 5.15 Å². The van der Waals surface area contributed by atoms with Gasteiger partial charge in [-0.1, -0.05) is 42.8 Å². The zero-order chi connectivity index (χ0) is 22.4. The Balaban J connectivity index is 1.77. The number of nitrogens with one attached hydrogen (secondary N) is 1. The van der Waals surface area contributed by atoms with Crippen LogP contribution < -0.4 is 5.32 Å². The van der Waals surface area contributed by atoms with Crippen molar-refractivity contribution in [2.24, 2.45) is 0 Å². The highest BCUT2D eigenvalue weighted by atomic mass is 35.5. The molecule has 0 bridgehead atoms. The molecule has 1 unspecified atom stereocenters. The molecule has 0 spiro atoms. The Morgan fingerprint density at radius 1 is 1.19 bits per heavy atom. The maximum Gasteiger partial charge on any atom is 0.245 e. The van der Waals surface area contributed by atoms with Crippen LogP contribution in [0.15, 0.2) is 70.3 Å². The van der Waals surface area contributed by atoms with Gasteiger partial charge in [-0.2, -0.15) is 4.31 Å². The van der Waals surface area contributed by atoms with Crippen LogP contribution >= 0.6 is 11.6 Å². The number of aromatic nitrogens is 1. The van der Waals surface area contributed by atoms with Crippen molar-refractivity contribution in [2.75, 3.05) is 6.54 Å². The summed E-state index contributed by atoms with van der Waals surface area (Å²) < 4.78 is 32.7. The van der Waals surface area contributed by atoms with Gasteiger partial charge in [0, 0.05) is 6.20 Å². The quantitative estimate of drug-likeness (QED) is 0.487. The summed E-state index contributed by atoms with van der Waals surface area (Å²) in [6.07, 6.45) is 3.55. The SMILES string of the molecule is CCc1ccc(C(C)NC(=O)CN(Cc2ccco2)S(=O)(=O)c2ccc(Cl)nc2)cc1. The highest BCUT2D eigenvalue weighted by Crippen LogP contribution is 2.20. The number of carbonyl (C=O) groups is 1. The van der Waals surface area contributed by atoms with Crippen LogP contribution in [-0.4, -0.2) is 30.2 Å². The molecule has 1 N–H and O–H groups in total. The zero-order valence-corrected chi connectivity index (χ0v) is 18.9. The van der Waals surface area contributed by atoms with E-state index in [9.17, 15) is 13.2 Å². The predicted octanol–water partition coefficient (Wildman–Crippen LogP) is 3.96. The Hall–Kier alpha value is -2.68. The van der Waals surface area contributed by atoms with Crippen LogP contribution in [-0.2, 0) is 27.8 Å². The Morgan fingerprint density at radius 2 is 1.94 bits per heavy atom. The number of carbonyl (C=O) groups excluding carboxylic acids is 1. The van der Waals surface area contributed by atoms with E-state index in [-0.39, 0.29) is 29.2 Å². The van der Waals surface area contributed by atoms with Crippen LogP contribution in [0.1, 0.15) is 36.8 Å². The smallest absolute Gasteiger partial charge is 0.245 e. The summed E-state index contributed by atoms with van der Waals surface area (Å²) in [5.74, 6) is -0.00868. The minimum atomic E-state index is -4.01. The summed E-state index contributed by atoms with van der Waals surface area (Å²) in [5.41, 5.74) is 2.14. The van der Waals surface area contributed by atoms with Crippen LogP contribution in [0.3, 0.4) is 0 Å².